The van der Waals surface area contributed by atoms with Crippen molar-refractivity contribution in [2.45, 2.75) is 23.1 Å². The number of nitrogens with zero attached hydrogens (tertiary/aromatic N) is 3. The van der Waals surface area contributed by atoms with Gasteiger partial charge in [0.15, 0.2) is 16.9 Å². The summed E-state index contributed by atoms with van der Waals surface area (Å²) in [6.07, 6.45) is 0.716. The molecule has 8 rings (SSSR count). The van der Waals surface area contributed by atoms with Gasteiger partial charge in [0.1, 0.15) is 35.0 Å². The van der Waals surface area contributed by atoms with Crippen LogP contribution in [-0.4, -0.2) is 65.8 Å². The number of carbonyl (C=O) groups is 3. The maximum Gasteiger partial charge on any atom is 0.356 e. The highest BCUT2D eigenvalue weighted by Crippen LogP contribution is 2.41. The molecular formula is C48H40IN5O6S2. The molecule has 0 saturated carbocycles. The molecule has 1 aromatic heterocycles. The fourth-order valence-corrected chi connectivity index (χ4v) is 11.1. The number of oxime groups is 1. The summed E-state index contributed by atoms with van der Waals surface area (Å²) in [5, 5.41) is 11.7. The van der Waals surface area contributed by atoms with Crippen LogP contribution in [0.3, 0.4) is 0 Å². The van der Waals surface area contributed by atoms with E-state index in [1.54, 1.807) is 5.38 Å². The number of aromatic nitrogens is 1. The molecule has 6 aromatic rings. The first-order chi connectivity index (χ1) is 30.3. The monoisotopic (exact) mass is 973 g/mol. The number of fused-ring (bicyclic) bond motifs is 1. The minimum atomic E-state index is -1.66. The molecule has 2 unspecified atom stereocenters. The first kappa shape index (κ1) is 42.5. The molecular weight excluding hydrogens is 934 g/mol. The van der Waals surface area contributed by atoms with Crippen LogP contribution in [0.2, 0.25) is 0 Å². The molecule has 1 saturated heterocycles. The average Bonchev–Trinajstić information content (AvgIpc) is 3.79. The van der Waals surface area contributed by atoms with Crippen molar-refractivity contribution < 1.29 is 28.2 Å². The molecule has 5 aromatic carbocycles. The van der Waals surface area contributed by atoms with Gasteiger partial charge >= 0.3 is 5.97 Å². The third kappa shape index (κ3) is 8.49. The molecule has 0 bridgehead atoms. The zero-order valence-corrected chi connectivity index (χ0v) is 36.9. The smallest absolute Gasteiger partial charge is 0.356 e. The summed E-state index contributed by atoms with van der Waals surface area (Å²) in [5.74, 6) is -2.09. The van der Waals surface area contributed by atoms with Gasteiger partial charge in [-0.15, -0.1) is 11.3 Å². The zero-order valence-electron chi connectivity index (χ0n) is 33.1. The Kier molecular flexibility index (Phi) is 13.2. The molecule has 62 heavy (non-hydrogen) atoms. The van der Waals surface area contributed by atoms with Gasteiger partial charge < -0.3 is 20.2 Å². The molecule has 2 aliphatic rings. The normalized spacial score (nSPS) is 17.5. The minimum absolute atomic E-state index is 0.00373. The van der Waals surface area contributed by atoms with Crippen molar-refractivity contribution in [3.63, 3.8) is 0 Å². The topological polar surface area (TPSA) is 139 Å². The number of β-lactam (4-membered cyclic amide) rings is 1. The molecule has 14 heteroatoms. The lowest BCUT2D eigenvalue weighted by Gasteiger charge is -2.49. The number of halogens is 1. The predicted molar refractivity (Wildman–Crippen MR) is 250 cm³/mol. The van der Waals surface area contributed by atoms with Crippen LogP contribution in [0.1, 0.15) is 39.6 Å². The molecule has 3 heterocycles. The second-order valence-corrected chi connectivity index (χ2v) is 17.5. The molecule has 3 atom stereocenters. The van der Waals surface area contributed by atoms with Crippen molar-refractivity contribution in [3.05, 3.63) is 214 Å². The number of thiazole rings is 1. The lowest BCUT2D eigenvalue weighted by molar-refractivity contribution is -0.154. The van der Waals surface area contributed by atoms with Gasteiger partial charge in [-0.3, -0.25) is 18.7 Å². The van der Waals surface area contributed by atoms with Crippen molar-refractivity contribution >= 4 is 73.4 Å². The summed E-state index contributed by atoms with van der Waals surface area (Å²) >= 11 is 3.36. The summed E-state index contributed by atoms with van der Waals surface area (Å²) in [6, 6.07) is 47.5. The van der Waals surface area contributed by atoms with Crippen LogP contribution in [-0.2, 0) is 40.3 Å². The summed E-state index contributed by atoms with van der Waals surface area (Å²) in [6.45, 7) is 3.68. The van der Waals surface area contributed by atoms with E-state index in [0.717, 1.165) is 27.8 Å². The molecule has 312 valence electrons. The number of anilines is 1. The lowest BCUT2D eigenvalue weighted by Crippen LogP contribution is -2.74. The number of ether oxygens (including phenoxy) is 1. The van der Waals surface area contributed by atoms with Gasteiger partial charge in [0.2, 0.25) is 0 Å². The number of rotatable bonds is 16. The Balaban J connectivity index is 1.07. The number of alkyl halides is 1. The Labute approximate surface area is 379 Å². The van der Waals surface area contributed by atoms with Gasteiger partial charge in [-0.2, -0.15) is 0 Å². The highest BCUT2D eigenvalue weighted by Gasteiger charge is 2.57. The Morgan fingerprint density at radius 2 is 1.39 bits per heavy atom. The molecule has 0 aliphatic carbocycles. The van der Waals surface area contributed by atoms with E-state index in [1.165, 1.54) is 22.3 Å². The van der Waals surface area contributed by atoms with Crippen LogP contribution in [0.5, 0.6) is 0 Å². The molecule has 0 radical (unpaired) electrons. The third-order valence-electron chi connectivity index (χ3n) is 10.5. The van der Waals surface area contributed by atoms with Crippen LogP contribution in [0.4, 0.5) is 5.13 Å². The highest BCUT2D eigenvalue weighted by atomic mass is 127. The van der Waals surface area contributed by atoms with Crippen LogP contribution in [0.15, 0.2) is 186 Å². The number of hydrogen-bond donors (Lipinski definition) is 2. The summed E-state index contributed by atoms with van der Waals surface area (Å²) < 4.78 is 20.3. The van der Waals surface area contributed by atoms with Gasteiger partial charge in [-0.25, -0.2) is 9.78 Å². The Morgan fingerprint density at radius 3 is 1.89 bits per heavy atom. The van der Waals surface area contributed by atoms with E-state index in [2.05, 4.69) is 45.0 Å². The van der Waals surface area contributed by atoms with Gasteiger partial charge in [-0.05, 0) is 33.4 Å². The second kappa shape index (κ2) is 19.2. The Hall–Kier alpha value is -6.23. The number of amides is 2. The maximum absolute atomic E-state index is 14.2. The van der Waals surface area contributed by atoms with Crippen molar-refractivity contribution in [2.75, 3.05) is 22.1 Å². The van der Waals surface area contributed by atoms with Crippen LogP contribution >= 0.6 is 33.9 Å². The standard InChI is InChI=1S/C48H40IN5O6S2/c1-2-28-59-53-39(38-30-61-47(50-38)52-48(35-22-12-5-13-23-35,36-24-14-6-15-25-36)37-26-16-7-17-27-37)43(55)51-40-44(56)54-41(34(29-49)31-62(58)45(40)54)46(57)60-42(32-18-8-3-9-19-32)33-20-10-4-11-21-33/h2-27,30,40,42,45H,1,28-29,31H2,(H,50,52)(H,51,55)/b53-39-/t40?,45-,62?/m1/s1. The average molecular weight is 974 g/mol. The predicted octanol–water partition coefficient (Wildman–Crippen LogP) is 7.89. The quantitative estimate of drug-likeness (QED) is 0.0115. The van der Waals surface area contributed by atoms with Gasteiger partial charge in [0, 0.05) is 9.81 Å². The number of nitrogens with one attached hydrogen (secondary N) is 2. The van der Waals surface area contributed by atoms with Crippen LogP contribution < -0.4 is 10.6 Å². The van der Waals surface area contributed by atoms with E-state index in [1.807, 2.05) is 152 Å². The number of carbonyl (C=O) groups excluding carboxylic acids is 3. The van der Waals surface area contributed by atoms with Crippen molar-refractivity contribution in [2.24, 2.45) is 5.16 Å². The van der Waals surface area contributed by atoms with Crippen molar-refractivity contribution in [3.8, 4) is 0 Å². The molecule has 2 amide bonds. The molecule has 0 spiro atoms. The van der Waals surface area contributed by atoms with E-state index in [4.69, 9.17) is 14.6 Å². The minimum Gasteiger partial charge on any atom is -0.448 e. The fraction of sp³-hybridized carbons (Fsp3) is 0.146. The largest absolute Gasteiger partial charge is 0.448 e. The van der Waals surface area contributed by atoms with Gasteiger partial charge in [0.05, 0.1) is 16.6 Å². The number of esters is 1. The maximum atomic E-state index is 14.2. The summed E-state index contributed by atoms with van der Waals surface area (Å²) in [5.41, 5.74) is 4.01. The summed E-state index contributed by atoms with van der Waals surface area (Å²) in [4.78, 5) is 54.0. The molecule has 1 fully saturated rings. The first-order valence-electron chi connectivity index (χ1n) is 19.7. The zero-order chi connectivity index (χ0) is 43.1. The van der Waals surface area contributed by atoms with Gasteiger partial charge in [0.25, 0.3) is 11.8 Å². The highest BCUT2D eigenvalue weighted by molar-refractivity contribution is 14.1. The Bertz CT molecular complexity index is 2510. The lowest BCUT2D eigenvalue weighted by atomic mass is 9.77. The molecule has 2 N–H and O–H groups in total. The van der Waals surface area contributed by atoms with Crippen molar-refractivity contribution in [1.29, 1.82) is 0 Å². The molecule has 2 aliphatic heterocycles. The van der Waals surface area contributed by atoms with E-state index in [-0.39, 0.29) is 29.5 Å². The number of hydrogen-bond acceptors (Lipinski definition) is 10. The third-order valence-corrected chi connectivity index (χ3v) is 13.8. The second-order valence-electron chi connectivity index (χ2n) is 14.3. The number of benzene rings is 5. The van der Waals surface area contributed by atoms with E-state index >= 15 is 0 Å². The summed E-state index contributed by atoms with van der Waals surface area (Å²) in [7, 11) is -1.66. The van der Waals surface area contributed by atoms with E-state index in [9.17, 15) is 18.6 Å². The SMILES string of the molecule is C=CCO/N=C(\C(=O)NC1C(=O)N2C(C(=O)OC(c3ccccc3)c3ccccc3)=C(CI)CS(=O)[C@H]12)c1csc(NC(c2ccccc2)(c2ccccc2)c2ccccc2)n1. The van der Waals surface area contributed by atoms with Crippen LogP contribution in [0.25, 0.3) is 0 Å². The Morgan fingerprint density at radius 1 is 0.871 bits per heavy atom. The van der Waals surface area contributed by atoms with Crippen molar-refractivity contribution in [1.82, 2.24) is 15.2 Å². The van der Waals surface area contributed by atoms with Crippen LogP contribution in [0, 0.1) is 0 Å². The van der Waals surface area contributed by atoms with E-state index in [0.29, 0.717) is 15.1 Å². The fourth-order valence-electron chi connectivity index (χ4n) is 7.64. The molecule has 11 nitrogen and oxygen atoms in total. The van der Waals surface area contributed by atoms with E-state index < -0.39 is 51.6 Å². The first-order valence-corrected chi connectivity index (χ1v) is 23.4. The van der Waals surface area contributed by atoms with Gasteiger partial charge in [-0.1, -0.05) is 192 Å².